The number of amides is 2. The molecule has 0 atom stereocenters. The summed E-state index contributed by atoms with van der Waals surface area (Å²) < 4.78 is 14.9. The average molecular weight is 547 g/mol. The number of aryl methyl sites for hydroxylation is 1. The van der Waals surface area contributed by atoms with Gasteiger partial charge in [0.05, 0.1) is 5.52 Å². The lowest BCUT2D eigenvalue weighted by atomic mass is 10.0. The number of piperidine rings is 1. The molecule has 10 heteroatoms. The number of anilines is 1. The molecule has 2 aliphatic rings. The zero-order valence-corrected chi connectivity index (χ0v) is 22.7. The van der Waals surface area contributed by atoms with E-state index in [1.807, 2.05) is 30.2 Å². The van der Waals surface area contributed by atoms with E-state index in [0.29, 0.717) is 22.4 Å². The Bertz CT molecular complexity index is 1500. The molecule has 202 valence electrons. The fraction of sp³-hybridized carbons (Fsp3) is 0.379. The third-order valence-corrected chi connectivity index (χ3v) is 8.64. The highest BCUT2D eigenvalue weighted by Gasteiger charge is 2.28. The van der Waals surface area contributed by atoms with Crippen LogP contribution in [0, 0.1) is 12.7 Å². The van der Waals surface area contributed by atoms with E-state index in [1.165, 1.54) is 49.4 Å². The highest BCUT2D eigenvalue weighted by atomic mass is 32.1. The quantitative estimate of drug-likeness (QED) is 0.370. The summed E-state index contributed by atoms with van der Waals surface area (Å²) in [6.07, 6.45) is 6.52. The molecule has 0 bridgehead atoms. The van der Waals surface area contributed by atoms with Crippen LogP contribution in [0.4, 0.5) is 10.1 Å². The van der Waals surface area contributed by atoms with Crippen LogP contribution in [0.5, 0.6) is 0 Å². The summed E-state index contributed by atoms with van der Waals surface area (Å²) >= 11 is 1.34. The number of aromatic nitrogens is 3. The molecule has 0 unspecified atom stereocenters. The molecular formula is C29H31FN6O2S. The smallest absolute Gasteiger partial charge is 0.275 e. The Morgan fingerprint density at radius 1 is 1.08 bits per heavy atom. The Kier molecular flexibility index (Phi) is 7.14. The number of thiazole rings is 1. The Morgan fingerprint density at radius 2 is 1.82 bits per heavy atom. The van der Waals surface area contributed by atoms with Crippen LogP contribution in [0.25, 0.3) is 21.5 Å². The van der Waals surface area contributed by atoms with Gasteiger partial charge in [0, 0.05) is 47.3 Å². The zero-order chi connectivity index (χ0) is 26.9. The molecule has 0 radical (unpaired) electrons. The molecule has 4 aromatic rings. The number of hydrogen-bond acceptors (Lipinski definition) is 6. The van der Waals surface area contributed by atoms with Crippen LogP contribution in [0.15, 0.2) is 48.0 Å². The van der Waals surface area contributed by atoms with Crippen LogP contribution in [0.2, 0.25) is 0 Å². The van der Waals surface area contributed by atoms with Gasteiger partial charge in [0.2, 0.25) is 5.91 Å². The Morgan fingerprint density at radius 3 is 2.56 bits per heavy atom. The molecule has 2 aliphatic heterocycles. The highest BCUT2D eigenvalue weighted by Crippen LogP contribution is 2.27. The number of carbonyl (C=O) groups is 2. The maximum atomic E-state index is 13.2. The van der Waals surface area contributed by atoms with Crippen molar-refractivity contribution in [1.82, 2.24) is 24.6 Å². The number of rotatable bonds is 6. The fourth-order valence-corrected chi connectivity index (χ4v) is 6.36. The molecular weight excluding hydrogens is 515 g/mol. The van der Waals surface area contributed by atoms with Gasteiger partial charge in [-0.1, -0.05) is 0 Å². The molecule has 2 saturated heterocycles. The molecule has 6 rings (SSSR count). The number of hydrogen-bond donors (Lipinski definition) is 1. The molecule has 8 nitrogen and oxygen atoms in total. The summed E-state index contributed by atoms with van der Waals surface area (Å²) in [4.78, 5) is 34.9. The van der Waals surface area contributed by atoms with Gasteiger partial charge in [0.25, 0.3) is 5.91 Å². The minimum atomic E-state index is -0.318. The van der Waals surface area contributed by atoms with Crippen LogP contribution in [-0.2, 0) is 11.3 Å². The molecule has 4 heterocycles. The van der Waals surface area contributed by atoms with Crippen molar-refractivity contribution in [3.8, 4) is 10.6 Å². The number of fused-ring (bicyclic) bond motifs is 1. The van der Waals surface area contributed by atoms with E-state index >= 15 is 0 Å². The van der Waals surface area contributed by atoms with Gasteiger partial charge in [-0.05, 0) is 87.7 Å². The van der Waals surface area contributed by atoms with Gasteiger partial charge >= 0.3 is 0 Å². The number of likely N-dealkylation sites (tertiary alicyclic amines) is 2. The van der Waals surface area contributed by atoms with Crippen LogP contribution < -0.4 is 5.32 Å². The first-order chi connectivity index (χ1) is 18.9. The van der Waals surface area contributed by atoms with E-state index in [4.69, 9.17) is 0 Å². The predicted molar refractivity (Wildman–Crippen MR) is 150 cm³/mol. The maximum Gasteiger partial charge on any atom is 0.275 e. The SMILES string of the molecule is Cc1cc2nn(CC(=O)N3CCC(N4CCCC4)CC3)cc2cc1NC(=O)c1csc(-c2ccc(F)cc2)n1. The first-order valence-corrected chi connectivity index (χ1v) is 14.3. The zero-order valence-electron chi connectivity index (χ0n) is 21.9. The predicted octanol–water partition coefficient (Wildman–Crippen LogP) is 4.95. The first kappa shape index (κ1) is 25.6. The Hall–Kier alpha value is -3.63. The minimum Gasteiger partial charge on any atom is -0.341 e. The van der Waals surface area contributed by atoms with Crippen LogP contribution in [0.3, 0.4) is 0 Å². The number of carbonyl (C=O) groups excluding carboxylic acids is 2. The molecule has 2 fully saturated rings. The lowest BCUT2D eigenvalue weighted by molar-refractivity contribution is -0.133. The number of nitrogens with zero attached hydrogens (tertiary/aromatic N) is 5. The molecule has 0 aliphatic carbocycles. The topological polar surface area (TPSA) is 83.4 Å². The molecule has 39 heavy (non-hydrogen) atoms. The van der Waals surface area contributed by atoms with Crippen molar-refractivity contribution in [2.24, 2.45) is 0 Å². The van der Waals surface area contributed by atoms with Crippen LogP contribution in [-0.4, -0.2) is 68.6 Å². The van der Waals surface area contributed by atoms with Gasteiger partial charge in [-0.25, -0.2) is 9.37 Å². The van der Waals surface area contributed by atoms with E-state index in [1.54, 1.807) is 22.2 Å². The Balaban J connectivity index is 1.10. The second kappa shape index (κ2) is 10.9. The summed E-state index contributed by atoms with van der Waals surface area (Å²) in [5.41, 5.74) is 3.37. The van der Waals surface area contributed by atoms with Crippen LogP contribution >= 0.6 is 11.3 Å². The van der Waals surface area contributed by atoms with E-state index < -0.39 is 0 Å². The van der Waals surface area contributed by atoms with Gasteiger partial charge in [-0.2, -0.15) is 5.10 Å². The van der Waals surface area contributed by atoms with Gasteiger partial charge in [-0.15, -0.1) is 11.3 Å². The van der Waals surface area contributed by atoms with Gasteiger partial charge < -0.3 is 15.1 Å². The number of benzene rings is 2. The molecule has 2 aromatic carbocycles. The summed E-state index contributed by atoms with van der Waals surface area (Å²) in [6, 6.07) is 10.4. The molecule has 2 aromatic heterocycles. The second-order valence-electron chi connectivity index (χ2n) is 10.4. The molecule has 1 N–H and O–H groups in total. The van der Waals surface area contributed by atoms with Crippen molar-refractivity contribution >= 4 is 39.7 Å². The van der Waals surface area contributed by atoms with E-state index in [-0.39, 0.29) is 24.2 Å². The Labute approximate surface area is 230 Å². The average Bonchev–Trinajstić information content (AvgIpc) is 3.71. The van der Waals surface area contributed by atoms with E-state index in [0.717, 1.165) is 48.0 Å². The third kappa shape index (κ3) is 5.58. The minimum absolute atomic E-state index is 0.0911. The van der Waals surface area contributed by atoms with E-state index in [2.05, 4.69) is 20.3 Å². The molecule has 2 amide bonds. The molecule has 0 spiro atoms. The lowest BCUT2D eigenvalue weighted by Crippen LogP contribution is -2.46. The van der Waals surface area contributed by atoms with Crippen molar-refractivity contribution in [2.45, 2.75) is 45.2 Å². The van der Waals surface area contributed by atoms with Crippen molar-refractivity contribution in [3.05, 3.63) is 65.0 Å². The van der Waals surface area contributed by atoms with Crippen molar-refractivity contribution in [3.63, 3.8) is 0 Å². The third-order valence-electron chi connectivity index (χ3n) is 7.75. The standard InChI is InChI=1S/C29H31FN6O2S/c1-19-14-25-21(15-24(19)31-28(38)26-18-39-29(32-26)20-4-6-22(30)7-5-20)16-36(33-25)17-27(37)35-12-8-23(9-13-35)34-10-2-3-11-34/h4-7,14-16,18,23H,2-3,8-13,17H2,1H3,(H,31,38). The van der Waals surface area contributed by atoms with Crippen molar-refractivity contribution in [2.75, 3.05) is 31.5 Å². The normalized spacial score (nSPS) is 16.7. The summed E-state index contributed by atoms with van der Waals surface area (Å²) in [7, 11) is 0. The van der Waals surface area contributed by atoms with Crippen molar-refractivity contribution in [1.29, 1.82) is 0 Å². The summed E-state index contributed by atoms with van der Waals surface area (Å²) in [5, 5.41) is 10.8. The van der Waals surface area contributed by atoms with Crippen molar-refractivity contribution < 1.29 is 14.0 Å². The second-order valence-corrected chi connectivity index (χ2v) is 11.3. The lowest BCUT2D eigenvalue weighted by Gasteiger charge is -2.36. The maximum absolute atomic E-state index is 13.2. The summed E-state index contributed by atoms with van der Waals surface area (Å²) in [5.74, 6) is -0.542. The van der Waals surface area contributed by atoms with Gasteiger partial charge in [0.15, 0.2) is 0 Å². The number of halogens is 1. The highest BCUT2D eigenvalue weighted by molar-refractivity contribution is 7.13. The first-order valence-electron chi connectivity index (χ1n) is 13.5. The van der Waals surface area contributed by atoms with Crippen LogP contribution in [0.1, 0.15) is 41.7 Å². The monoisotopic (exact) mass is 546 g/mol. The van der Waals surface area contributed by atoms with Gasteiger partial charge in [-0.3, -0.25) is 14.3 Å². The van der Waals surface area contributed by atoms with Gasteiger partial charge in [0.1, 0.15) is 23.1 Å². The molecule has 0 saturated carbocycles. The largest absolute Gasteiger partial charge is 0.341 e. The fourth-order valence-electron chi connectivity index (χ4n) is 5.56. The summed E-state index contributed by atoms with van der Waals surface area (Å²) in [6.45, 7) is 6.11. The van der Waals surface area contributed by atoms with E-state index in [9.17, 15) is 14.0 Å². The number of nitrogens with one attached hydrogen (secondary N) is 1.